The van der Waals surface area contributed by atoms with Crippen molar-refractivity contribution < 1.29 is 9.47 Å². The highest BCUT2D eigenvalue weighted by atomic mass is 16.5. The number of methoxy groups -OCH3 is 2. The number of nitrogen functional groups attached to an aromatic ring is 1. The molecule has 1 aromatic heterocycles. The van der Waals surface area contributed by atoms with Gasteiger partial charge in [-0.2, -0.15) is 0 Å². The largest absolute Gasteiger partial charge is 0.493 e. The van der Waals surface area contributed by atoms with Gasteiger partial charge in [-0.1, -0.05) is 0 Å². The number of hydrogen-bond donors (Lipinski definition) is 1. The standard InChI is InChI=1S/C18H18N4O2/c1-23-16-8-13-14(9-17(16)24-2)20-10-21-18(13)22-6-5-11-7-12(19)3-4-15(11)22/h3-4,7-10H,5-6,19H2,1-2H3. The highest BCUT2D eigenvalue weighted by Gasteiger charge is 2.24. The Labute approximate surface area is 139 Å². The molecule has 0 spiro atoms. The van der Waals surface area contributed by atoms with Gasteiger partial charge in [0.15, 0.2) is 11.5 Å². The van der Waals surface area contributed by atoms with Crippen LogP contribution in [-0.4, -0.2) is 30.7 Å². The van der Waals surface area contributed by atoms with Crippen molar-refractivity contribution in [3.63, 3.8) is 0 Å². The molecule has 0 amide bonds. The van der Waals surface area contributed by atoms with Crippen molar-refractivity contribution in [2.24, 2.45) is 0 Å². The summed E-state index contributed by atoms with van der Waals surface area (Å²) in [5.41, 5.74) is 9.88. The summed E-state index contributed by atoms with van der Waals surface area (Å²) in [6.07, 6.45) is 2.53. The number of rotatable bonds is 3. The van der Waals surface area contributed by atoms with Gasteiger partial charge >= 0.3 is 0 Å². The molecule has 0 radical (unpaired) electrons. The first kappa shape index (κ1) is 14.6. The Morgan fingerprint density at radius 2 is 1.83 bits per heavy atom. The van der Waals surface area contributed by atoms with E-state index in [1.165, 1.54) is 5.56 Å². The minimum Gasteiger partial charge on any atom is -0.493 e. The third-order valence-electron chi connectivity index (χ3n) is 4.37. The molecule has 4 rings (SSSR count). The van der Waals surface area contributed by atoms with Crippen LogP contribution in [0.5, 0.6) is 11.5 Å². The van der Waals surface area contributed by atoms with Crippen LogP contribution >= 0.6 is 0 Å². The second-order valence-electron chi connectivity index (χ2n) is 5.71. The average molecular weight is 322 g/mol. The van der Waals surface area contributed by atoms with E-state index in [9.17, 15) is 0 Å². The van der Waals surface area contributed by atoms with E-state index >= 15 is 0 Å². The summed E-state index contributed by atoms with van der Waals surface area (Å²) < 4.78 is 10.8. The molecule has 6 heteroatoms. The summed E-state index contributed by atoms with van der Waals surface area (Å²) in [5.74, 6) is 2.19. The average Bonchev–Trinajstić information content (AvgIpc) is 3.02. The first-order valence-electron chi connectivity index (χ1n) is 7.74. The molecule has 0 unspecified atom stereocenters. The molecular weight excluding hydrogens is 304 g/mol. The van der Waals surface area contributed by atoms with Crippen molar-refractivity contribution in [3.8, 4) is 11.5 Å². The number of anilines is 3. The van der Waals surface area contributed by atoms with E-state index in [1.54, 1.807) is 20.5 Å². The van der Waals surface area contributed by atoms with E-state index in [4.69, 9.17) is 15.2 Å². The SMILES string of the molecule is COc1cc2ncnc(N3CCc4cc(N)ccc43)c2cc1OC. The first-order chi connectivity index (χ1) is 11.7. The van der Waals surface area contributed by atoms with Crippen LogP contribution in [0, 0.1) is 0 Å². The quantitative estimate of drug-likeness (QED) is 0.747. The lowest BCUT2D eigenvalue weighted by atomic mass is 10.1. The third kappa shape index (κ3) is 2.19. The number of nitrogens with two attached hydrogens (primary N) is 1. The molecule has 0 bridgehead atoms. The fraction of sp³-hybridized carbons (Fsp3) is 0.222. The minimum atomic E-state index is 0.657. The molecular formula is C18H18N4O2. The molecule has 1 aliphatic heterocycles. The first-order valence-corrected chi connectivity index (χ1v) is 7.74. The van der Waals surface area contributed by atoms with Crippen LogP contribution in [0.15, 0.2) is 36.7 Å². The van der Waals surface area contributed by atoms with Crippen molar-refractivity contribution in [2.45, 2.75) is 6.42 Å². The minimum absolute atomic E-state index is 0.657. The van der Waals surface area contributed by atoms with Crippen LogP contribution in [-0.2, 0) is 6.42 Å². The number of ether oxygens (including phenoxy) is 2. The van der Waals surface area contributed by atoms with E-state index < -0.39 is 0 Å². The molecule has 0 saturated heterocycles. The van der Waals surface area contributed by atoms with Gasteiger partial charge in [-0.05, 0) is 36.2 Å². The van der Waals surface area contributed by atoms with Gasteiger partial charge in [0, 0.05) is 29.4 Å². The Hall–Kier alpha value is -3.02. The Bertz CT molecular complexity index is 926. The van der Waals surface area contributed by atoms with Gasteiger partial charge < -0.3 is 20.1 Å². The van der Waals surface area contributed by atoms with Gasteiger partial charge in [0.05, 0.1) is 19.7 Å². The van der Waals surface area contributed by atoms with Crippen molar-refractivity contribution >= 4 is 28.1 Å². The van der Waals surface area contributed by atoms with Gasteiger partial charge in [0.25, 0.3) is 0 Å². The van der Waals surface area contributed by atoms with Gasteiger partial charge in [-0.25, -0.2) is 9.97 Å². The molecule has 0 atom stereocenters. The van der Waals surface area contributed by atoms with Crippen molar-refractivity contribution in [1.29, 1.82) is 0 Å². The van der Waals surface area contributed by atoms with Crippen molar-refractivity contribution in [3.05, 3.63) is 42.2 Å². The zero-order valence-corrected chi connectivity index (χ0v) is 13.6. The topological polar surface area (TPSA) is 73.5 Å². The summed E-state index contributed by atoms with van der Waals surface area (Å²) in [5, 5.41) is 0.930. The van der Waals surface area contributed by atoms with Crippen LogP contribution in [0.4, 0.5) is 17.2 Å². The smallest absolute Gasteiger partial charge is 0.162 e. The zero-order valence-electron chi connectivity index (χ0n) is 13.6. The van der Waals surface area contributed by atoms with E-state index in [0.717, 1.165) is 41.1 Å². The van der Waals surface area contributed by atoms with Crippen LogP contribution in [0.3, 0.4) is 0 Å². The van der Waals surface area contributed by atoms with E-state index in [2.05, 4.69) is 14.9 Å². The summed E-state index contributed by atoms with van der Waals surface area (Å²) >= 11 is 0. The van der Waals surface area contributed by atoms with Crippen LogP contribution in [0.2, 0.25) is 0 Å². The van der Waals surface area contributed by atoms with Gasteiger partial charge in [0.1, 0.15) is 12.1 Å². The predicted molar refractivity (Wildman–Crippen MR) is 94.2 cm³/mol. The maximum atomic E-state index is 5.90. The summed E-state index contributed by atoms with van der Waals surface area (Å²) in [6.45, 7) is 0.860. The van der Waals surface area contributed by atoms with Crippen molar-refractivity contribution in [1.82, 2.24) is 9.97 Å². The van der Waals surface area contributed by atoms with E-state index in [1.807, 2.05) is 30.3 Å². The monoisotopic (exact) mass is 322 g/mol. The number of nitrogens with zero attached hydrogens (tertiary/aromatic N) is 3. The number of benzene rings is 2. The van der Waals surface area contributed by atoms with Crippen molar-refractivity contribution in [2.75, 3.05) is 31.4 Å². The molecule has 0 fully saturated rings. The van der Waals surface area contributed by atoms with Gasteiger partial charge in [0.2, 0.25) is 0 Å². The Morgan fingerprint density at radius 3 is 2.62 bits per heavy atom. The number of aromatic nitrogens is 2. The number of fused-ring (bicyclic) bond motifs is 2. The predicted octanol–water partition coefficient (Wildman–Crippen LogP) is 2.92. The fourth-order valence-electron chi connectivity index (χ4n) is 3.23. The normalized spacial score (nSPS) is 13.2. The Morgan fingerprint density at radius 1 is 1.04 bits per heavy atom. The molecule has 2 aromatic carbocycles. The van der Waals surface area contributed by atoms with Crippen LogP contribution in [0.1, 0.15) is 5.56 Å². The van der Waals surface area contributed by atoms with E-state index in [-0.39, 0.29) is 0 Å². The second-order valence-corrected chi connectivity index (χ2v) is 5.71. The highest BCUT2D eigenvalue weighted by Crippen LogP contribution is 2.40. The molecule has 3 aromatic rings. The molecule has 2 heterocycles. The molecule has 122 valence electrons. The van der Waals surface area contributed by atoms with Gasteiger partial charge in [-0.15, -0.1) is 0 Å². The lowest BCUT2D eigenvalue weighted by molar-refractivity contribution is 0.356. The Balaban J connectivity index is 1.89. The van der Waals surface area contributed by atoms with Crippen LogP contribution < -0.4 is 20.1 Å². The molecule has 2 N–H and O–H groups in total. The molecule has 6 nitrogen and oxygen atoms in total. The fourth-order valence-corrected chi connectivity index (χ4v) is 3.23. The zero-order chi connectivity index (χ0) is 16.7. The summed E-state index contributed by atoms with van der Waals surface area (Å²) in [4.78, 5) is 11.1. The molecule has 1 aliphatic rings. The molecule has 24 heavy (non-hydrogen) atoms. The van der Waals surface area contributed by atoms with E-state index in [0.29, 0.717) is 11.5 Å². The highest BCUT2D eigenvalue weighted by molar-refractivity contribution is 5.94. The summed E-state index contributed by atoms with van der Waals surface area (Å²) in [7, 11) is 3.24. The van der Waals surface area contributed by atoms with Crippen LogP contribution in [0.25, 0.3) is 10.9 Å². The molecule has 0 saturated carbocycles. The maximum Gasteiger partial charge on any atom is 0.162 e. The summed E-state index contributed by atoms with van der Waals surface area (Å²) in [6, 6.07) is 9.80. The van der Waals surface area contributed by atoms with Gasteiger partial charge in [-0.3, -0.25) is 0 Å². The Kier molecular flexibility index (Phi) is 3.37. The third-order valence-corrected chi connectivity index (χ3v) is 4.37. The second kappa shape index (κ2) is 5.56. The molecule has 0 aliphatic carbocycles. The lowest BCUT2D eigenvalue weighted by Crippen LogP contribution is -2.15. The maximum absolute atomic E-state index is 5.90. The lowest BCUT2D eigenvalue weighted by Gasteiger charge is -2.20. The number of hydrogen-bond acceptors (Lipinski definition) is 6.